The number of morpholine rings is 1. The van der Waals surface area contributed by atoms with Gasteiger partial charge in [-0.15, -0.1) is 0 Å². The zero-order valence-electron chi connectivity index (χ0n) is 18.0. The van der Waals surface area contributed by atoms with Crippen LogP contribution in [0, 0.1) is 5.95 Å². The van der Waals surface area contributed by atoms with E-state index in [0.717, 1.165) is 28.9 Å². The van der Waals surface area contributed by atoms with E-state index in [1.807, 2.05) is 24.3 Å². The summed E-state index contributed by atoms with van der Waals surface area (Å²) >= 11 is 0. The first kappa shape index (κ1) is 20.5. The SMILES string of the molecule is N[C@H]1CNCC2(O1)c1cc(C3=CCOCC3)ccc1Oc1ccc(-c3cccnc3F)cc12. The van der Waals surface area contributed by atoms with Crippen LogP contribution in [-0.2, 0) is 15.1 Å². The van der Waals surface area contributed by atoms with E-state index in [2.05, 4.69) is 28.5 Å². The van der Waals surface area contributed by atoms with Gasteiger partial charge in [0.1, 0.15) is 23.3 Å². The van der Waals surface area contributed by atoms with Crippen molar-refractivity contribution in [2.24, 2.45) is 5.73 Å². The molecule has 1 aromatic heterocycles. The predicted octanol–water partition coefficient (Wildman–Crippen LogP) is 3.95. The molecular weight excluding hydrogens is 421 g/mol. The van der Waals surface area contributed by atoms with Crippen LogP contribution in [-0.4, -0.2) is 37.5 Å². The fourth-order valence-corrected chi connectivity index (χ4v) is 4.94. The Bertz CT molecular complexity index is 1260. The van der Waals surface area contributed by atoms with Gasteiger partial charge in [0.25, 0.3) is 0 Å². The van der Waals surface area contributed by atoms with Gasteiger partial charge in [-0.25, -0.2) is 4.98 Å². The van der Waals surface area contributed by atoms with Crippen molar-refractivity contribution in [2.45, 2.75) is 18.2 Å². The van der Waals surface area contributed by atoms with Crippen molar-refractivity contribution in [3.8, 4) is 22.6 Å². The minimum absolute atomic E-state index is 0.426. The van der Waals surface area contributed by atoms with E-state index in [9.17, 15) is 4.39 Å². The minimum Gasteiger partial charge on any atom is -0.457 e. The Kier molecular flexibility index (Phi) is 4.99. The third kappa shape index (κ3) is 3.45. The average molecular weight is 445 g/mol. The molecule has 1 fully saturated rings. The van der Waals surface area contributed by atoms with Gasteiger partial charge in [-0.3, -0.25) is 0 Å². The van der Waals surface area contributed by atoms with E-state index >= 15 is 0 Å². The average Bonchev–Trinajstić information content (AvgIpc) is 2.85. The maximum absolute atomic E-state index is 14.5. The highest BCUT2D eigenvalue weighted by atomic mass is 19.1. The van der Waals surface area contributed by atoms with Crippen LogP contribution < -0.4 is 15.8 Å². The van der Waals surface area contributed by atoms with Crippen LogP contribution in [0.4, 0.5) is 4.39 Å². The van der Waals surface area contributed by atoms with Crippen molar-refractivity contribution in [1.29, 1.82) is 0 Å². The molecule has 0 saturated carbocycles. The lowest BCUT2D eigenvalue weighted by molar-refractivity contribution is -0.0970. The summed E-state index contributed by atoms with van der Waals surface area (Å²) in [6.45, 7) is 2.39. The lowest BCUT2D eigenvalue weighted by Crippen LogP contribution is -2.56. The number of nitrogens with one attached hydrogen (secondary N) is 1. The monoisotopic (exact) mass is 445 g/mol. The van der Waals surface area contributed by atoms with Gasteiger partial charge in [-0.1, -0.05) is 18.2 Å². The molecule has 0 bridgehead atoms. The number of benzene rings is 2. The lowest BCUT2D eigenvalue weighted by atomic mass is 9.79. The second-order valence-corrected chi connectivity index (χ2v) is 8.53. The van der Waals surface area contributed by atoms with Crippen molar-refractivity contribution in [3.05, 3.63) is 83.4 Å². The highest BCUT2D eigenvalue weighted by Gasteiger charge is 2.47. The smallest absolute Gasteiger partial charge is 0.220 e. The summed E-state index contributed by atoms with van der Waals surface area (Å²) in [6, 6.07) is 15.3. The Morgan fingerprint density at radius 1 is 1.06 bits per heavy atom. The number of hydrogen-bond acceptors (Lipinski definition) is 6. The predicted molar refractivity (Wildman–Crippen MR) is 122 cm³/mol. The standard InChI is InChI=1S/C26H24FN3O3/c27-25-19(2-1-9-30-25)18-4-6-23-21(13-18)26(15-29-14-24(28)33-26)20-12-17(3-5-22(20)32-23)16-7-10-31-11-8-16/h1-7,9,12-13,24,29H,8,10-11,14-15,28H2/t24-,26?/m1/s1. The number of halogens is 1. The quantitative estimate of drug-likeness (QED) is 0.582. The van der Waals surface area contributed by atoms with E-state index in [0.29, 0.717) is 43.2 Å². The first-order chi connectivity index (χ1) is 16.1. The molecule has 1 unspecified atom stereocenters. The number of aromatic nitrogens is 1. The molecule has 6 nitrogen and oxygen atoms in total. The molecule has 0 amide bonds. The molecule has 2 aromatic carbocycles. The van der Waals surface area contributed by atoms with E-state index < -0.39 is 17.8 Å². The Balaban J connectivity index is 1.53. The van der Waals surface area contributed by atoms with Crippen LogP contribution in [0.3, 0.4) is 0 Å². The van der Waals surface area contributed by atoms with Crippen LogP contribution in [0.25, 0.3) is 16.7 Å². The van der Waals surface area contributed by atoms with Gasteiger partial charge in [0.15, 0.2) is 0 Å². The van der Waals surface area contributed by atoms with Crippen molar-refractivity contribution in [2.75, 3.05) is 26.3 Å². The first-order valence-corrected chi connectivity index (χ1v) is 11.1. The number of fused-ring (bicyclic) bond motifs is 4. The van der Waals surface area contributed by atoms with E-state index in [1.54, 1.807) is 12.1 Å². The molecular formula is C26H24FN3O3. The molecule has 0 aliphatic carbocycles. The summed E-state index contributed by atoms with van der Waals surface area (Å²) in [4.78, 5) is 3.80. The topological polar surface area (TPSA) is 78.6 Å². The van der Waals surface area contributed by atoms with Gasteiger partial charge < -0.3 is 25.3 Å². The molecule has 168 valence electrons. The van der Waals surface area contributed by atoms with Crippen LogP contribution in [0.5, 0.6) is 11.5 Å². The van der Waals surface area contributed by atoms with Crippen molar-refractivity contribution in [3.63, 3.8) is 0 Å². The van der Waals surface area contributed by atoms with Crippen molar-refractivity contribution in [1.82, 2.24) is 10.3 Å². The van der Waals surface area contributed by atoms with Gasteiger partial charge in [0, 0.05) is 36.0 Å². The third-order valence-electron chi connectivity index (χ3n) is 6.53. The molecule has 33 heavy (non-hydrogen) atoms. The van der Waals surface area contributed by atoms with Gasteiger partial charge in [0.2, 0.25) is 5.95 Å². The van der Waals surface area contributed by atoms with E-state index in [1.165, 1.54) is 11.8 Å². The van der Waals surface area contributed by atoms with E-state index in [-0.39, 0.29) is 0 Å². The second kappa shape index (κ2) is 8.04. The molecule has 3 aromatic rings. The van der Waals surface area contributed by atoms with Crippen molar-refractivity contribution >= 4 is 5.57 Å². The summed E-state index contributed by atoms with van der Waals surface area (Å²) < 4.78 is 32.8. The number of hydrogen-bond donors (Lipinski definition) is 2. The van der Waals surface area contributed by atoms with Gasteiger partial charge >= 0.3 is 0 Å². The number of ether oxygens (including phenoxy) is 3. The normalized spacial score (nSPS) is 23.9. The highest BCUT2D eigenvalue weighted by molar-refractivity contribution is 5.72. The minimum atomic E-state index is -0.864. The number of pyridine rings is 1. The molecule has 1 spiro atoms. The molecule has 3 N–H and O–H groups in total. The fraction of sp³-hybridized carbons (Fsp3) is 0.269. The van der Waals surface area contributed by atoms with Gasteiger partial charge in [0.05, 0.1) is 13.2 Å². The second-order valence-electron chi connectivity index (χ2n) is 8.53. The fourth-order valence-electron chi connectivity index (χ4n) is 4.94. The molecule has 1 saturated heterocycles. The molecule has 2 atom stereocenters. The summed E-state index contributed by atoms with van der Waals surface area (Å²) in [5.41, 5.74) is 10.6. The van der Waals surface area contributed by atoms with Crippen LogP contribution in [0.2, 0.25) is 0 Å². The number of nitrogens with zero attached hydrogens (tertiary/aromatic N) is 1. The van der Waals surface area contributed by atoms with Gasteiger partial charge in [-0.2, -0.15) is 4.39 Å². The summed E-state index contributed by atoms with van der Waals surface area (Å²) in [6.07, 6.45) is 3.91. The summed E-state index contributed by atoms with van der Waals surface area (Å²) in [5, 5.41) is 3.42. The van der Waals surface area contributed by atoms with Crippen LogP contribution in [0.1, 0.15) is 23.1 Å². The zero-order valence-corrected chi connectivity index (χ0v) is 18.0. The maximum atomic E-state index is 14.5. The Morgan fingerprint density at radius 2 is 1.85 bits per heavy atom. The number of rotatable bonds is 2. The molecule has 0 radical (unpaired) electrons. The summed E-state index contributed by atoms with van der Waals surface area (Å²) in [7, 11) is 0. The highest BCUT2D eigenvalue weighted by Crippen LogP contribution is 2.51. The zero-order chi connectivity index (χ0) is 22.4. The Morgan fingerprint density at radius 3 is 2.58 bits per heavy atom. The van der Waals surface area contributed by atoms with Crippen LogP contribution >= 0.6 is 0 Å². The van der Waals surface area contributed by atoms with Gasteiger partial charge in [-0.05, 0) is 59.5 Å². The molecule has 3 aliphatic heterocycles. The Labute approximate surface area is 191 Å². The lowest BCUT2D eigenvalue weighted by Gasteiger charge is -2.45. The largest absolute Gasteiger partial charge is 0.457 e. The van der Waals surface area contributed by atoms with E-state index in [4.69, 9.17) is 19.9 Å². The first-order valence-electron chi connectivity index (χ1n) is 11.1. The molecule has 4 heterocycles. The molecule has 7 heteroatoms. The van der Waals surface area contributed by atoms with Crippen LogP contribution in [0.15, 0.2) is 60.8 Å². The third-order valence-corrected chi connectivity index (χ3v) is 6.53. The molecule has 3 aliphatic rings. The molecule has 6 rings (SSSR count). The maximum Gasteiger partial charge on any atom is 0.220 e. The Hall–Kier alpha value is -3.10. The summed E-state index contributed by atoms with van der Waals surface area (Å²) in [5.74, 6) is 0.886. The number of nitrogens with two attached hydrogens (primary N) is 1. The van der Waals surface area contributed by atoms with Crippen molar-refractivity contribution < 1.29 is 18.6 Å².